The molecule has 1 rings (SSSR count). The molecule has 86 valence electrons. The summed E-state index contributed by atoms with van der Waals surface area (Å²) in [7, 11) is 1.69. The van der Waals surface area contributed by atoms with Crippen LogP contribution in [0.2, 0.25) is 0 Å². The number of nitrogens with zero attached hydrogens (tertiary/aromatic N) is 2. The highest BCUT2D eigenvalue weighted by Gasteiger charge is 2.37. The van der Waals surface area contributed by atoms with E-state index in [1.807, 2.05) is 13.8 Å². The SMILES string of the molecule is CC(C)N1CC(C)(C)CN(C)C(=O)C1=O. The number of likely N-dealkylation sites (N-methyl/N-ethyl adjacent to an activating group) is 1. The van der Waals surface area contributed by atoms with E-state index in [1.165, 1.54) is 4.90 Å². The minimum absolute atomic E-state index is 0.0408. The lowest BCUT2D eigenvalue weighted by Gasteiger charge is -2.31. The van der Waals surface area contributed by atoms with Gasteiger partial charge in [-0.3, -0.25) is 9.59 Å². The molecule has 0 spiro atoms. The van der Waals surface area contributed by atoms with Crippen molar-refractivity contribution in [3.63, 3.8) is 0 Å². The largest absolute Gasteiger partial charge is 0.337 e. The molecule has 15 heavy (non-hydrogen) atoms. The molecule has 0 unspecified atom stereocenters. The second-order valence-corrected chi connectivity index (χ2v) is 5.35. The zero-order valence-corrected chi connectivity index (χ0v) is 10.2. The number of amides is 2. The smallest absolute Gasteiger partial charge is 0.312 e. The second kappa shape index (κ2) is 3.83. The Morgan fingerprint density at radius 1 is 1.13 bits per heavy atom. The molecule has 1 heterocycles. The van der Waals surface area contributed by atoms with Crippen molar-refractivity contribution < 1.29 is 9.59 Å². The van der Waals surface area contributed by atoms with Gasteiger partial charge in [-0.15, -0.1) is 0 Å². The van der Waals surface area contributed by atoms with Crippen molar-refractivity contribution in [2.45, 2.75) is 33.7 Å². The van der Waals surface area contributed by atoms with Crippen molar-refractivity contribution in [1.29, 1.82) is 0 Å². The molecule has 1 saturated heterocycles. The Morgan fingerprint density at radius 2 is 1.67 bits per heavy atom. The Labute approximate surface area is 91.2 Å². The van der Waals surface area contributed by atoms with Crippen LogP contribution in [0.3, 0.4) is 0 Å². The first kappa shape index (κ1) is 12.0. The molecule has 0 atom stereocenters. The third-order valence-corrected chi connectivity index (χ3v) is 2.68. The molecule has 4 heteroatoms. The zero-order chi connectivity index (χ0) is 11.8. The van der Waals surface area contributed by atoms with Gasteiger partial charge in [-0.1, -0.05) is 13.8 Å². The van der Waals surface area contributed by atoms with Crippen LogP contribution in [0.4, 0.5) is 0 Å². The average molecular weight is 212 g/mol. The molecule has 4 nitrogen and oxygen atoms in total. The summed E-state index contributed by atoms with van der Waals surface area (Å²) in [6, 6.07) is 0.0761. The molecule has 1 aliphatic heterocycles. The Hall–Kier alpha value is -1.06. The molecule has 0 aromatic heterocycles. The fraction of sp³-hybridized carbons (Fsp3) is 0.818. The van der Waals surface area contributed by atoms with E-state index in [0.29, 0.717) is 13.1 Å². The lowest BCUT2D eigenvalue weighted by molar-refractivity contribution is -0.150. The molecule has 0 radical (unpaired) electrons. The van der Waals surface area contributed by atoms with Crippen molar-refractivity contribution in [1.82, 2.24) is 9.80 Å². The lowest BCUT2D eigenvalue weighted by Crippen LogP contribution is -2.44. The van der Waals surface area contributed by atoms with Crippen molar-refractivity contribution in [2.24, 2.45) is 5.41 Å². The number of hydrogen-bond acceptors (Lipinski definition) is 2. The van der Waals surface area contributed by atoms with Gasteiger partial charge < -0.3 is 9.80 Å². The minimum Gasteiger partial charge on any atom is -0.337 e. The van der Waals surface area contributed by atoms with Crippen LogP contribution < -0.4 is 0 Å². The molecule has 0 aliphatic carbocycles. The Bertz CT molecular complexity index is 284. The highest BCUT2D eigenvalue weighted by molar-refractivity contribution is 6.35. The molecule has 0 aromatic rings. The number of carbonyl (C=O) groups is 2. The van der Waals surface area contributed by atoms with E-state index in [1.54, 1.807) is 11.9 Å². The Balaban J connectivity index is 3.00. The van der Waals surface area contributed by atoms with Crippen LogP contribution in [-0.2, 0) is 9.59 Å². The second-order valence-electron chi connectivity index (χ2n) is 5.35. The van der Waals surface area contributed by atoms with Gasteiger partial charge in [-0.25, -0.2) is 0 Å². The maximum atomic E-state index is 11.8. The minimum atomic E-state index is -0.394. The topological polar surface area (TPSA) is 40.6 Å². The van der Waals surface area contributed by atoms with Crippen LogP contribution >= 0.6 is 0 Å². The van der Waals surface area contributed by atoms with E-state index in [2.05, 4.69) is 13.8 Å². The van der Waals surface area contributed by atoms with E-state index in [9.17, 15) is 9.59 Å². The number of carbonyl (C=O) groups excluding carboxylic acids is 2. The third-order valence-electron chi connectivity index (χ3n) is 2.68. The summed E-state index contributed by atoms with van der Waals surface area (Å²) in [5.74, 6) is -0.771. The van der Waals surface area contributed by atoms with E-state index in [4.69, 9.17) is 0 Å². The van der Waals surface area contributed by atoms with Gasteiger partial charge in [0.1, 0.15) is 0 Å². The van der Waals surface area contributed by atoms with Gasteiger partial charge in [0, 0.05) is 26.2 Å². The molecule has 1 aliphatic rings. The Morgan fingerprint density at radius 3 is 2.13 bits per heavy atom. The summed E-state index contributed by atoms with van der Waals surface area (Å²) in [4.78, 5) is 26.7. The van der Waals surface area contributed by atoms with Gasteiger partial charge in [0.05, 0.1) is 0 Å². The van der Waals surface area contributed by atoms with Gasteiger partial charge in [-0.05, 0) is 19.3 Å². The number of rotatable bonds is 1. The van der Waals surface area contributed by atoms with E-state index in [-0.39, 0.29) is 17.4 Å². The predicted octanol–water partition coefficient (Wildman–Crippen LogP) is 0.722. The molecule has 2 amide bonds. The van der Waals surface area contributed by atoms with Crippen LogP contribution in [0.1, 0.15) is 27.7 Å². The summed E-state index contributed by atoms with van der Waals surface area (Å²) in [5, 5.41) is 0. The summed E-state index contributed by atoms with van der Waals surface area (Å²) >= 11 is 0. The third kappa shape index (κ3) is 2.49. The van der Waals surface area contributed by atoms with Crippen molar-refractivity contribution in [2.75, 3.05) is 20.1 Å². The van der Waals surface area contributed by atoms with Gasteiger partial charge in [0.25, 0.3) is 0 Å². The van der Waals surface area contributed by atoms with Gasteiger partial charge in [0.2, 0.25) is 0 Å². The molecule has 1 fully saturated rings. The Kier molecular flexibility index (Phi) is 3.07. The van der Waals surface area contributed by atoms with E-state index >= 15 is 0 Å². The lowest BCUT2D eigenvalue weighted by atomic mass is 9.92. The standard InChI is InChI=1S/C11H20N2O2/c1-8(2)13-7-11(3,4)6-12(5)9(14)10(13)15/h8H,6-7H2,1-5H3. The van der Waals surface area contributed by atoms with Gasteiger partial charge in [-0.2, -0.15) is 0 Å². The van der Waals surface area contributed by atoms with Crippen LogP contribution in [0.25, 0.3) is 0 Å². The fourth-order valence-electron chi connectivity index (χ4n) is 2.00. The molecule has 0 N–H and O–H groups in total. The van der Waals surface area contributed by atoms with E-state index < -0.39 is 5.91 Å². The fourth-order valence-corrected chi connectivity index (χ4v) is 2.00. The summed E-state index contributed by atoms with van der Waals surface area (Å²) in [6.07, 6.45) is 0. The molecule has 0 aromatic carbocycles. The first-order chi connectivity index (χ1) is 6.74. The predicted molar refractivity (Wildman–Crippen MR) is 58.3 cm³/mol. The van der Waals surface area contributed by atoms with E-state index in [0.717, 1.165) is 0 Å². The molecule has 0 bridgehead atoms. The highest BCUT2D eigenvalue weighted by atomic mass is 16.2. The maximum absolute atomic E-state index is 11.8. The van der Waals surface area contributed by atoms with Crippen molar-refractivity contribution >= 4 is 11.8 Å². The average Bonchev–Trinajstić information content (AvgIpc) is 2.16. The summed E-state index contributed by atoms with van der Waals surface area (Å²) in [6.45, 7) is 9.29. The van der Waals surface area contributed by atoms with Crippen molar-refractivity contribution in [3.05, 3.63) is 0 Å². The molecular weight excluding hydrogens is 192 g/mol. The first-order valence-corrected chi connectivity index (χ1v) is 5.31. The van der Waals surface area contributed by atoms with Crippen molar-refractivity contribution in [3.8, 4) is 0 Å². The zero-order valence-electron chi connectivity index (χ0n) is 10.2. The maximum Gasteiger partial charge on any atom is 0.312 e. The van der Waals surface area contributed by atoms with Crippen LogP contribution in [-0.4, -0.2) is 47.8 Å². The first-order valence-electron chi connectivity index (χ1n) is 5.31. The van der Waals surface area contributed by atoms with Gasteiger partial charge in [0.15, 0.2) is 0 Å². The van der Waals surface area contributed by atoms with Crippen LogP contribution in [0.15, 0.2) is 0 Å². The molecule has 0 saturated carbocycles. The highest BCUT2D eigenvalue weighted by Crippen LogP contribution is 2.23. The summed E-state index contributed by atoms with van der Waals surface area (Å²) in [5.41, 5.74) is -0.0408. The monoisotopic (exact) mass is 212 g/mol. The molecular formula is C11H20N2O2. The quantitative estimate of drug-likeness (QED) is 0.601. The summed E-state index contributed by atoms with van der Waals surface area (Å²) < 4.78 is 0. The number of hydrogen-bond donors (Lipinski definition) is 0. The van der Waals surface area contributed by atoms with Crippen LogP contribution in [0, 0.1) is 5.41 Å². The normalized spacial score (nSPS) is 22.3. The van der Waals surface area contributed by atoms with Crippen LogP contribution in [0.5, 0.6) is 0 Å². The van der Waals surface area contributed by atoms with Gasteiger partial charge >= 0.3 is 11.8 Å².